The van der Waals surface area contributed by atoms with Crippen molar-refractivity contribution in [3.63, 3.8) is 0 Å². The van der Waals surface area contributed by atoms with E-state index < -0.39 is 0 Å². The van der Waals surface area contributed by atoms with Crippen LogP contribution in [0.1, 0.15) is 0 Å². The molecular weight excluding hydrogens is 230 g/mol. The van der Waals surface area contributed by atoms with E-state index in [1.165, 1.54) is 0 Å². The molecule has 0 fully saturated rings. The van der Waals surface area contributed by atoms with Gasteiger partial charge in [0.25, 0.3) is 0 Å². The van der Waals surface area contributed by atoms with Crippen LogP contribution in [0, 0.1) is 0 Å². The van der Waals surface area contributed by atoms with Crippen molar-refractivity contribution in [2.24, 2.45) is 7.05 Å². The van der Waals surface area contributed by atoms with Gasteiger partial charge in [-0.3, -0.25) is 9.78 Å². The van der Waals surface area contributed by atoms with Crippen LogP contribution in [-0.4, -0.2) is 27.1 Å². The molecule has 0 bridgehead atoms. The molecule has 1 aromatic carbocycles. The van der Waals surface area contributed by atoms with Gasteiger partial charge >= 0.3 is 0 Å². The summed E-state index contributed by atoms with van der Waals surface area (Å²) < 4.78 is 6.93. The number of H-pyrrole nitrogens is 1. The first-order valence-corrected chi connectivity index (χ1v) is 5.55. The summed E-state index contributed by atoms with van der Waals surface area (Å²) >= 11 is 0. The number of aromatic amines is 1. The predicted octanol–water partition coefficient (Wildman–Crippen LogP) is 2.05. The van der Waals surface area contributed by atoms with Crippen LogP contribution in [0.25, 0.3) is 10.9 Å². The second kappa shape index (κ2) is 4.06. The number of benzene rings is 1. The van der Waals surface area contributed by atoms with Crippen LogP contribution < -0.4 is 10.1 Å². The monoisotopic (exact) mass is 243 g/mol. The van der Waals surface area contributed by atoms with Crippen LogP contribution in [0.3, 0.4) is 0 Å². The number of hydrogen-bond donors (Lipinski definition) is 2. The lowest BCUT2D eigenvalue weighted by Crippen LogP contribution is -1.95. The van der Waals surface area contributed by atoms with Crippen molar-refractivity contribution < 1.29 is 4.74 Å². The number of aryl methyl sites for hydroxylation is 1. The Morgan fingerprint density at radius 2 is 2.11 bits per heavy atom. The Morgan fingerprint density at radius 3 is 2.94 bits per heavy atom. The summed E-state index contributed by atoms with van der Waals surface area (Å²) in [7, 11) is 3.46. The average Bonchev–Trinajstić information content (AvgIpc) is 2.94. The van der Waals surface area contributed by atoms with Gasteiger partial charge in [-0.25, -0.2) is 0 Å². The third-order valence-electron chi connectivity index (χ3n) is 2.72. The van der Waals surface area contributed by atoms with Crippen LogP contribution in [0.15, 0.2) is 30.5 Å². The van der Waals surface area contributed by atoms with Gasteiger partial charge in [-0.05, 0) is 12.1 Å². The summed E-state index contributed by atoms with van der Waals surface area (Å²) in [6.45, 7) is 0. The van der Waals surface area contributed by atoms with E-state index in [0.717, 1.165) is 16.7 Å². The standard InChI is InChI=1S/C12H13N5O/c1-17-7-10(18-2)12(16-17)13-11-8-5-3-4-6-9(8)14-15-11/h3-7H,1-2H3,(H2,13,14,15,16). The summed E-state index contributed by atoms with van der Waals surface area (Å²) in [5, 5.41) is 15.7. The van der Waals surface area contributed by atoms with Gasteiger partial charge in [0.05, 0.1) is 18.8 Å². The minimum atomic E-state index is 0.650. The van der Waals surface area contributed by atoms with Crippen molar-refractivity contribution in [2.45, 2.75) is 0 Å². The first kappa shape index (κ1) is 10.6. The van der Waals surface area contributed by atoms with Crippen LogP contribution >= 0.6 is 0 Å². The minimum Gasteiger partial charge on any atom is -0.491 e. The Morgan fingerprint density at radius 1 is 1.28 bits per heavy atom. The lowest BCUT2D eigenvalue weighted by atomic mass is 10.2. The van der Waals surface area contributed by atoms with E-state index in [0.29, 0.717) is 11.6 Å². The SMILES string of the molecule is COc1cn(C)nc1Nc1n[nH]c2ccccc12. The molecule has 0 radical (unpaired) electrons. The van der Waals surface area contributed by atoms with Gasteiger partial charge in [0.2, 0.25) is 0 Å². The number of ether oxygens (including phenoxy) is 1. The minimum absolute atomic E-state index is 0.650. The third kappa shape index (κ3) is 1.67. The number of nitrogens with zero attached hydrogens (tertiary/aromatic N) is 3. The van der Waals surface area contributed by atoms with Gasteiger partial charge in [0.15, 0.2) is 17.4 Å². The highest BCUT2D eigenvalue weighted by atomic mass is 16.5. The molecule has 0 saturated carbocycles. The molecule has 0 aliphatic carbocycles. The molecule has 0 aliphatic heterocycles. The number of methoxy groups -OCH3 is 1. The number of rotatable bonds is 3. The second-order valence-electron chi connectivity index (χ2n) is 3.96. The lowest BCUT2D eigenvalue weighted by molar-refractivity contribution is 0.416. The zero-order chi connectivity index (χ0) is 12.5. The fraction of sp³-hybridized carbons (Fsp3) is 0.167. The fourth-order valence-corrected chi connectivity index (χ4v) is 1.87. The molecule has 2 N–H and O–H groups in total. The van der Waals surface area contributed by atoms with E-state index >= 15 is 0 Å². The van der Waals surface area contributed by atoms with Crippen LogP contribution in [-0.2, 0) is 7.05 Å². The second-order valence-corrected chi connectivity index (χ2v) is 3.96. The molecule has 6 nitrogen and oxygen atoms in total. The van der Waals surface area contributed by atoms with Crippen LogP contribution in [0.5, 0.6) is 5.75 Å². The van der Waals surface area contributed by atoms with Crippen molar-refractivity contribution in [3.05, 3.63) is 30.5 Å². The summed E-state index contributed by atoms with van der Waals surface area (Å²) in [6, 6.07) is 7.91. The van der Waals surface area contributed by atoms with Gasteiger partial charge in [-0.1, -0.05) is 12.1 Å². The van der Waals surface area contributed by atoms with Gasteiger partial charge in [-0.15, -0.1) is 0 Å². The number of hydrogen-bond acceptors (Lipinski definition) is 4. The van der Waals surface area contributed by atoms with Crippen molar-refractivity contribution >= 4 is 22.5 Å². The summed E-state index contributed by atoms with van der Waals surface area (Å²) in [4.78, 5) is 0. The summed E-state index contributed by atoms with van der Waals surface area (Å²) in [5.41, 5.74) is 0.981. The molecule has 3 rings (SSSR count). The topological polar surface area (TPSA) is 67.8 Å². The van der Waals surface area contributed by atoms with Crippen LogP contribution in [0.4, 0.5) is 11.6 Å². The average molecular weight is 243 g/mol. The van der Waals surface area contributed by atoms with Crippen LogP contribution in [0.2, 0.25) is 0 Å². The Balaban J connectivity index is 2.01. The van der Waals surface area contributed by atoms with Gasteiger partial charge in [-0.2, -0.15) is 10.2 Å². The van der Waals surface area contributed by atoms with Crippen molar-refractivity contribution in [1.29, 1.82) is 0 Å². The molecule has 92 valence electrons. The highest BCUT2D eigenvalue weighted by Crippen LogP contribution is 2.28. The number of para-hydroxylation sites is 1. The molecule has 6 heteroatoms. The molecular formula is C12H13N5O. The zero-order valence-electron chi connectivity index (χ0n) is 10.1. The molecule has 0 amide bonds. The molecule has 0 aliphatic rings. The van der Waals surface area contributed by atoms with Crippen molar-refractivity contribution in [1.82, 2.24) is 20.0 Å². The van der Waals surface area contributed by atoms with E-state index in [9.17, 15) is 0 Å². The van der Waals surface area contributed by atoms with Crippen molar-refractivity contribution in [2.75, 3.05) is 12.4 Å². The normalized spacial score (nSPS) is 10.8. The quantitative estimate of drug-likeness (QED) is 0.738. The molecule has 2 aromatic heterocycles. The molecule has 0 atom stereocenters. The number of aromatic nitrogens is 4. The Kier molecular flexibility index (Phi) is 2.40. The van der Waals surface area contributed by atoms with E-state index in [1.54, 1.807) is 18.0 Å². The van der Waals surface area contributed by atoms with E-state index in [2.05, 4.69) is 20.6 Å². The van der Waals surface area contributed by atoms with Crippen molar-refractivity contribution in [3.8, 4) is 5.75 Å². The van der Waals surface area contributed by atoms with E-state index in [1.807, 2.05) is 31.3 Å². The predicted molar refractivity (Wildman–Crippen MR) is 69.1 cm³/mol. The van der Waals surface area contributed by atoms with E-state index in [4.69, 9.17) is 4.74 Å². The fourth-order valence-electron chi connectivity index (χ4n) is 1.87. The maximum atomic E-state index is 5.24. The Labute approximate surface area is 104 Å². The lowest BCUT2D eigenvalue weighted by Gasteiger charge is -2.01. The number of nitrogens with one attached hydrogen (secondary N) is 2. The molecule has 2 heterocycles. The maximum absolute atomic E-state index is 5.24. The first-order valence-electron chi connectivity index (χ1n) is 5.55. The van der Waals surface area contributed by atoms with Gasteiger partial charge < -0.3 is 10.1 Å². The molecule has 0 spiro atoms. The highest BCUT2D eigenvalue weighted by Gasteiger charge is 2.11. The van der Waals surface area contributed by atoms with Gasteiger partial charge in [0, 0.05) is 12.4 Å². The number of anilines is 2. The molecule has 3 aromatic rings. The molecule has 0 unspecified atom stereocenters. The maximum Gasteiger partial charge on any atom is 0.196 e. The Hall–Kier alpha value is -2.50. The Bertz CT molecular complexity index is 685. The number of fused-ring (bicyclic) bond motifs is 1. The summed E-state index contributed by atoms with van der Waals surface area (Å²) in [6.07, 6.45) is 1.80. The zero-order valence-corrected chi connectivity index (χ0v) is 10.1. The highest BCUT2D eigenvalue weighted by molar-refractivity contribution is 5.91. The molecule has 18 heavy (non-hydrogen) atoms. The third-order valence-corrected chi connectivity index (χ3v) is 2.72. The summed E-state index contributed by atoms with van der Waals surface area (Å²) in [5.74, 6) is 2.07. The van der Waals surface area contributed by atoms with Gasteiger partial charge in [0.1, 0.15) is 0 Å². The first-order chi connectivity index (χ1) is 8.78. The smallest absolute Gasteiger partial charge is 0.196 e. The molecule has 0 saturated heterocycles. The largest absolute Gasteiger partial charge is 0.491 e. The van der Waals surface area contributed by atoms with E-state index in [-0.39, 0.29) is 0 Å².